The number of rotatable bonds is 6. The molecule has 4 rings (SSSR count). The van der Waals surface area contributed by atoms with Crippen molar-refractivity contribution >= 4 is 29.7 Å². The summed E-state index contributed by atoms with van der Waals surface area (Å²) < 4.78 is 31.8. The summed E-state index contributed by atoms with van der Waals surface area (Å²) in [5, 5.41) is 10.6. The number of methoxy groups -OCH3 is 1. The number of piperazine rings is 2. The molecule has 0 radical (unpaired) electrons. The third-order valence-corrected chi connectivity index (χ3v) is 9.27. The minimum Gasteiger partial charge on any atom is -0.457 e. The number of likely N-dealkylation sites (N-methyl/N-ethyl adjacent to an activating group) is 1. The van der Waals surface area contributed by atoms with Crippen LogP contribution < -0.4 is 4.90 Å². The molecule has 2 saturated heterocycles. The Bertz CT molecular complexity index is 1290. The molecule has 2 amide bonds. The quantitative estimate of drug-likeness (QED) is 0.362. The van der Waals surface area contributed by atoms with Crippen LogP contribution in [0.5, 0.6) is 0 Å². The zero-order valence-corrected chi connectivity index (χ0v) is 28.4. The molecule has 0 saturated carbocycles. The largest absolute Gasteiger partial charge is 0.457 e. The van der Waals surface area contributed by atoms with Gasteiger partial charge >= 0.3 is 12.1 Å². The highest BCUT2D eigenvalue weighted by atomic mass is 19.1. The highest BCUT2D eigenvalue weighted by Crippen LogP contribution is 2.28. The van der Waals surface area contributed by atoms with Crippen LogP contribution in [0.3, 0.4) is 0 Å². The van der Waals surface area contributed by atoms with Crippen LogP contribution >= 0.6 is 0 Å². The Kier molecular flexibility index (Phi) is 13.2. The molecule has 5 atom stereocenters. The van der Waals surface area contributed by atoms with Gasteiger partial charge in [-0.15, -0.1) is 0 Å². The molecule has 0 aromatic heterocycles. The Morgan fingerprint density at radius 1 is 1.00 bits per heavy atom. The average molecular weight is 659 g/mol. The number of aliphatic hydroxyl groups excluding tert-OH is 1. The van der Waals surface area contributed by atoms with E-state index in [4.69, 9.17) is 14.2 Å². The van der Waals surface area contributed by atoms with Gasteiger partial charge in [-0.2, -0.15) is 0 Å². The first-order valence-corrected chi connectivity index (χ1v) is 16.6. The van der Waals surface area contributed by atoms with Crippen LogP contribution in [0, 0.1) is 17.7 Å². The summed E-state index contributed by atoms with van der Waals surface area (Å²) in [5.74, 6) is -1.37. The van der Waals surface area contributed by atoms with Crippen molar-refractivity contribution in [1.82, 2.24) is 14.7 Å². The fraction of sp³-hybridized carbons (Fsp3) is 0.629. The van der Waals surface area contributed by atoms with Gasteiger partial charge in [-0.05, 0) is 68.1 Å². The molecule has 0 bridgehead atoms. The van der Waals surface area contributed by atoms with Crippen molar-refractivity contribution in [2.45, 2.75) is 58.3 Å². The second-order valence-corrected chi connectivity index (χ2v) is 13.1. The first-order valence-electron chi connectivity index (χ1n) is 16.6. The summed E-state index contributed by atoms with van der Waals surface area (Å²) in [6.45, 7) is 10.7. The summed E-state index contributed by atoms with van der Waals surface area (Å²) >= 11 is 0. The number of carbonyl (C=O) groups excluding carboxylic acids is 3. The van der Waals surface area contributed by atoms with E-state index in [1.165, 1.54) is 19.2 Å². The SMILES string of the molecule is COCC(=O)N1CCN(c2cc(F)cc(/C=C(\C)[C@H]3OC(=O)C[C@H](O)CC[C@H](C)[C@@H](OC(=O)N4CCN(C)CC4)/C=C/[C@@H]3C)c2)CC1. The van der Waals surface area contributed by atoms with Crippen molar-refractivity contribution in [2.24, 2.45) is 11.8 Å². The molecule has 0 spiro atoms. The predicted molar refractivity (Wildman–Crippen MR) is 177 cm³/mol. The van der Waals surface area contributed by atoms with Gasteiger partial charge in [-0.25, -0.2) is 9.18 Å². The number of amides is 2. The first-order chi connectivity index (χ1) is 22.4. The summed E-state index contributed by atoms with van der Waals surface area (Å²) in [4.78, 5) is 45.9. The van der Waals surface area contributed by atoms with Crippen molar-refractivity contribution in [3.05, 3.63) is 47.3 Å². The fourth-order valence-electron chi connectivity index (χ4n) is 6.27. The van der Waals surface area contributed by atoms with Crippen LogP contribution in [0.15, 0.2) is 35.9 Å². The molecule has 1 aromatic rings. The lowest BCUT2D eigenvalue weighted by molar-refractivity contribution is -0.151. The summed E-state index contributed by atoms with van der Waals surface area (Å²) in [5.41, 5.74) is 2.02. The lowest BCUT2D eigenvalue weighted by atomic mass is 9.91. The van der Waals surface area contributed by atoms with Crippen LogP contribution in [-0.4, -0.2) is 129 Å². The molecule has 260 valence electrons. The van der Waals surface area contributed by atoms with Gasteiger partial charge in [-0.1, -0.05) is 26.0 Å². The number of esters is 1. The molecular formula is C35H51FN4O7. The van der Waals surface area contributed by atoms with Crippen LogP contribution in [0.25, 0.3) is 6.08 Å². The molecule has 0 aliphatic carbocycles. The third kappa shape index (κ3) is 10.5. The monoisotopic (exact) mass is 658 g/mol. The smallest absolute Gasteiger partial charge is 0.410 e. The second-order valence-electron chi connectivity index (χ2n) is 13.1. The Morgan fingerprint density at radius 3 is 2.36 bits per heavy atom. The van der Waals surface area contributed by atoms with E-state index in [9.17, 15) is 23.9 Å². The number of cyclic esters (lactones) is 1. The van der Waals surface area contributed by atoms with Crippen molar-refractivity contribution in [3.8, 4) is 0 Å². The van der Waals surface area contributed by atoms with Crippen LogP contribution in [0.4, 0.5) is 14.9 Å². The van der Waals surface area contributed by atoms with Gasteiger partial charge in [0.25, 0.3) is 0 Å². The van der Waals surface area contributed by atoms with Gasteiger partial charge in [0, 0.05) is 71.1 Å². The Hall–Kier alpha value is -3.48. The van der Waals surface area contributed by atoms with E-state index in [0.717, 1.165) is 13.1 Å². The number of nitrogens with zero attached hydrogens (tertiary/aromatic N) is 4. The Labute approximate surface area is 277 Å². The van der Waals surface area contributed by atoms with E-state index in [-0.39, 0.29) is 36.9 Å². The molecule has 3 aliphatic heterocycles. The Morgan fingerprint density at radius 2 is 1.68 bits per heavy atom. The maximum Gasteiger partial charge on any atom is 0.410 e. The van der Waals surface area contributed by atoms with E-state index in [0.29, 0.717) is 68.9 Å². The van der Waals surface area contributed by atoms with Crippen molar-refractivity contribution in [1.29, 1.82) is 0 Å². The molecule has 1 aromatic carbocycles. The number of hydrogen-bond acceptors (Lipinski definition) is 9. The third-order valence-electron chi connectivity index (χ3n) is 9.27. The van der Waals surface area contributed by atoms with Crippen molar-refractivity contribution < 1.29 is 38.1 Å². The maximum absolute atomic E-state index is 14.9. The summed E-state index contributed by atoms with van der Waals surface area (Å²) in [6.07, 6.45) is 3.90. The number of benzene rings is 1. The molecule has 47 heavy (non-hydrogen) atoms. The fourth-order valence-corrected chi connectivity index (χ4v) is 6.27. The van der Waals surface area contributed by atoms with Crippen molar-refractivity contribution in [3.63, 3.8) is 0 Å². The van der Waals surface area contributed by atoms with Gasteiger partial charge in [0.2, 0.25) is 5.91 Å². The maximum atomic E-state index is 14.9. The highest BCUT2D eigenvalue weighted by Gasteiger charge is 2.29. The minimum absolute atomic E-state index is 0.0357. The van der Waals surface area contributed by atoms with Gasteiger partial charge in [0.05, 0.1) is 12.5 Å². The van der Waals surface area contributed by atoms with Crippen molar-refractivity contribution in [2.75, 3.05) is 78.0 Å². The van der Waals surface area contributed by atoms with E-state index >= 15 is 0 Å². The molecule has 3 heterocycles. The topological polar surface area (TPSA) is 112 Å². The van der Waals surface area contributed by atoms with Gasteiger partial charge in [0.1, 0.15) is 24.6 Å². The molecule has 0 unspecified atom stereocenters. The molecule has 3 aliphatic rings. The molecule has 11 nitrogen and oxygen atoms in total. The number of anilines is 1. The summed E-state index contributed by atoms with van der Waals surface area (Å²) in [6, 6.07) is 4.80. The first kappa shape index (κ1) is 36.4. The van der Waals surface area contributed by atoms with Gasteiger partial charge < -0.3 is 38.9 Å². The van der Waals surface area contributed by atoms with E-state index in [1.807, 2.05) is 57.0 Å². The number of carbonyl (C=O) groups is 3. The van der Waals surface area contributed by atoms with E-state index < -0.39 is 30.1 Å². The molecular weight excluding hydrogens is 607 g/mol. The zero-order valence-electron chi connectivity index (χ0n) is 28.4. The highest BCUT2D eigenvalue weighted by molar-refractivity contribution is 5.78. The lowest BCUT2D eigenvalue weighted by Crippen LogP contribution is -2.49. The van der Waals surface area contributed by atoms with E-state index in [2.05, 4.69) is 4.90 Å². The zero-order chi connectivity index (χ0) is 34.1. The van der Waals surface area contributed by atoms with Crippen LogP contribution in [0.1, 0.15) is 45.6 Å². The minimum atomic E-state index is -0.890. The lowest BCUT2D eigenvalue weighted by Gasteiger charge is -2.36. The number of ether oxygens (including phenoxy) is 3. The second kappa shape index (κ2) is 17.1. The van der Waals surface area contributed by atoms with E-state index in [1.54, 1.807) is 9.80 Å². The molecule has 2 fully saturated rings. The number of halogens is 1. The number of hydrogen-bond donors (Lipinski definition) is 1. The van der Waals surface area contributed by atoms with Crippen LogP contribution in [-0.2, 0) is 23.8 Å². The van der Waals surface area contributed by atoms with Gasteiger partial charge in [-0.3, -0.25) is 9.59 Å². The normalized spacial score (nSPS) is 27.8. The van der Waals surface area contributed by atoms with Gasteiger partial charge in [0.15, 0.2) is 0 Å². The van der Waals surface area contributed by atoms with Crippen LogP contribution in [0.2, 0.25) is 0 Å². The Balaban J connectivity index is 1.52. The molecule has 12 heteroatoms. The molecule has 1 N–H and O–H groups in total. The standard InChI is InChI=1S/C35H51FN4O7/c1-24-6-8-30(41)22-33(43)47-34(25(2)7-9-31(24)46-35(44)40-12-10-37(4)11-13-40)26(3)18-27-19-28(36)21-29(20-27)38-14-16-39(17-15-38)32(42)23-45-5/h7,9,18-21,24-25,30-31,34,41H,6,8,10-17,22-23H2,1-5H3/b9-7+,26-18+/t24-,25-,30+,31-,34-/m0/s1. The predicted octanol–water partition coefficient (Wildman–Crippen LogP) is 3.56. The summed E-state index contributed by atoms with van der Waals surface area (Å²) in [7, 11) is 3.52. The average Bonchev–Trinajstić information content (AvgIpc) is 3.03. The number of aliphatic hydroxyl groups is 1.